The van der Waals surface area contributed by atoms with Gasteiger partial charge < -0.3 is 10.1 Å². The van der Waals surface area contributed by atoms with Crippen molar-refractivity contribution in [1.82, 2.24) is 9.88 Å². The number of benzene rings is 2. The first-order chi connectivity index (χ1) is 14.3. The van der Waals surface area contributed by atoms with Crippen molar-refractivity contribution in [2.24, 2.45) is 0 Å². The Hall–Kier alpha value is -2.60. The first-order valence-corrected chi connectivity index (χ1v) is 10.7. The molecule has 0 radical (unpaired) electrons. The average molecular weight is 439 g/mol. The van der Waals surface area contributed by atoms with Crippen molar-refractivity contribution in [3.63, 3.8) is 0 Å². The Kier molecular flexibility index (Phi) is 6.23. The highest BCUT2D eigenvalue weighted by Gasteiger charge is 2.15. The van der Waals surface area contributed by atoms with E-state index in [1.165, 1.54) is 20.5 Å². The molecule has 3 heterocycles. The molecule has 0 fully saturated rings. The summed E-state index contributed by atoms with van der Waals surface area (Å²) in [6.07, 6.45) is 3.95. The number of ether oxygens (including phenoxy) is 1. The van der Waals surface area contributed by atoms with Crippen molar-refractivity contribution in [3.05, 3.63) is 93.2 Å². The van der Waals surface area contributed by atoms with Crippen LogP contribution in [0.25, 0.3) is 15.8 Å². The van der Waals surface area contributed by atoms with Gasteiger partial charge in [0.1, 0.15) is 12.4 Å². The third-order valence-corrected chi connectivity index (χ3v) is 6.61. The van der Waals surface area contributed by atoms with Gasteiger partial charge in [0, 0.05) is 21.8 Å². The zero-order chi connectivity index (χ0) is 19.6. The normalized spacial score (nSPS) is 13.3. The first-order valence-electron chi connectivity index (χ1n) is 9.93. The number of thiophene rings is 1. The summed E-state index contributed by atoms with van der Waals surface area (Å²) in [5.74, 6) is 0.589. The minimum atomic E-state index is -0.0859. The smallest absolute Gasteiger partial charge is 0.258 e. The number of hydrogen-bond donors (Lipinski definition) is 1. The maximum absolute atomic E-state index is 12.7. The summed E-state index contributed by atoms with van der Waals surface area (Å²) < 4.78 is 8.72. The molecule has 0 spiro atoms. The molecule has 1 N–H and O–H groups in total. The van der Waals surface area contributed by atoms with Gasteiger partial charge in [-0.25, -0.2) is 0 Å². The Morgan fingerprint density at radius 2 is 1.83 bits per heavy atom. The van der Waals surface area contributed by atoms with Gasteiger partial charge in [0.05, 0.1) is 5.69 Å². The fourth-order valence-electron chi connectivity index (χ4n) is 3.86. The molecule has 0 atom stereocenters. The molecule has 2 aromatic carbocycles. The van der Waals surface area contributed by atoms with Crippen LogP contribution in [0, 0.1) is 0 Å². The van der Waals surface area contributed by atoms with Crippen LogP contribution in [-0.2, 0) is 19.4 Å². The van der Waals surface area contributed by atoms with Crippen LogP contribution >= 0.6 is 23.7 Å². The predicted molar refractivity (Wildman–Crippen MR) is 126 cm³/mol. The van der Waals surface area contributed by atoms with Crippen LogP contribution in [0.3, 0.4) is 0 Å². The number of halogens is 1. The lowest BCUT2D eigenvalue weighted by Crippen LogP contribution is -2.16. The second kappa shape index (κ2) is 9.04. The van der Waals surface area contributed by atoms with Crippen molar-refractivity contribution in [1.29, 1.82) is 0 Å². The number of nitrogens with zero attached hydrogens (tertiary/aromatic N) is 1. The number of aromatic nitrogens is 1. The van der Waals surface area contributed by atoms with Crippen LogP contribution in [0.1, 0.15) is 16.0 Å². The molecule has 0 unspecified atom stereocenters. The van der Waals surface area contributed by atoms with Gasteiger partial charge in [-0.05, 0) is 60.6 Å². The van der Waals surface area contributed by atoms with E-state index < -0.39 is 0 Å². The van der Waals surface area contributed by atoms with E-state index in [0.29, 0.717) is 12.4 Å². The number of hydrogen-bond acceptors (Lipinski definition) is 4. The minimum Gasteiger partial charge on any atom is -0.489 e. The standard InChI is InChI=1S/C24H22N2O2S.ClH/c27-24-15-19(28-16-17-4-2-1-3-5-17)10-13-26(24)18-6-7-20-21-8-11-25-12-9-22(21)29-23(20)14-18;/h1-7,10,13-15,25H,8-9,11-12,16H2;1H. The third kappa shape index (κ3) is 4.15. The quantitative estimate of drug-likeness (QED) is 0.500. The van der Waals surface area contributed by atoms with Crippen LogP contribution in [0.15, 0.2) is 71.7 Å². The number of pyridine rings is 1. The Morgan fingerprint density at radius 3 is 2.67 bits per heavy atom. The highest BCUT2D eigenvalue weighted by Crippen LogP contribution is 2.34. The monoisotopic (exact) mass is 438 g/mol. The maximum Gasteiger partial charge on any atom is 0.258 e. The van der Waals surface area contributed by atoms with E-state index in [0.717, 1.165) is 37.2 Å². The number of nitrogens with one attached hydrogen (secondary N) is 1. The van der Waals surface area contributed by atoms with Crippen LogP contribution < -0.4 is 15.6 Å². The maximum atomic E-state index is 12.7. The van der Waals surface area contributed by atoms with Crippen molar-refractivity contribution in [2.75, 3.05) is 13.1 Å². The Balaban J connectivity index is 0.00000218. The number of fused-ring (bicyclic) bond motifs is 3. The lowest BCUT2D eigenvalue weighted by Gasteiger charge is -2.09. The molecule has 5 rings (SSSR count). The zero-order valence-electron chi connectivity index (χ0n) is 16.5. The lowest BCUT2D eigenvalue weighted by atomic mass is 10.1. The average Bonchev–Trinajstić information content (AvgIpc) is 2.92. The lowest BCUT2D eigenvalue weighted by molar-refractivity contribution is 0.305. The van der Waals surface area contributed by atoms with Crippen LogP contribution in [0.4, 0.5) is 0 Å². The van der Waals surface area contributed by atoms with E-state index in [1.807, 2.05) is 53.8 Å². The molecule has 6 heteroatoms. The Morgan fingerprint density at radius 1 is 1.00 bits per heavy atom. The minimum absolute atomic E-state index is 0. The molecule has 30 heavy (non-hydrogen) atoms. The van der Waals surface area contributed by atoms with Gasteiger partial charge in [0.2, 0.25) is 0 Å². The van der Waals surface area contributed by atoms with Gasteiger partial charge in [0.25, 0.3) is 5.56 Å². The van der Waals surface area contributed by atoms with E-state index in [2.05, 4.69) is 17.4 Å². The van der Waals surface area contributed by atoms with Gasteiger partial charge in [-0.1, -0.05) is 36.4 Å². The van der Waals surface area contributed by atoms with E-state index in [1.54, 1.807) is 16.8 Å². The third-order valence-electron chi connectivity index (χ3n) is 5.36. The summed E-state index contributed by atoms with van der Waals surface area (Å²) in [6, 6.07) is 19.7. The summed E-state index contributed by atoms with van der Waals surface area (Å²) in [6.45, 7) is 2.52. The second-order valence-electron chi connectivity index (χ2n) is 7.28. The highest BCUT2D eigenvalue weighted by atomic mass is 35.5. The first kappa shape index (κ1) is 20.7. The topological polar surface area (TPSA) is 43.3 Å². The van der Waals surface area contributed by atoms with E-state index in [9.17, 15) is 4.79 Å². The molecule has 0 aliphatic carbocycles. The van der Waals surface area contributed by atoms with Gasteiger partial charge >= 0.3 is 0 Å². The van der Waals surface area contributed by atoms with Gasteiger partial charge in [0.15, 0.2) is 0 Å². The molecular weight excluding hydrogens is 416 g/mol. The summed E-state index contributed by atoms with van der Waals surface area (Å²) in [5.41, 5.74) is 3.36. The molecule has 1 aliphatic heterocycles. The van der Waals surface area contributed by atoms with Gasteiger partial charge in [-0.2, -0.15) is 0 Å². The van der Waals surface area contributed by atoms with Crippen molar-refractivity contribution in [3.8, 4) is 11.4 Å². The van der Waals surface area contributed by atoms with Crippen molar-refractivity contribution >= 4 is 33.8 Å². The summed E-state index contributed by atoms with van der Waals surface area (Å²) >= 11 is 1.86. The second-order valence-corrected chi connectivity index (χ2v) is 8.42. The van der Waals surface area contributed by atoms with Crippen LogP contribution in [-0.4, -0.2) is 17.7 Å². The molecule has 154 valence electrons. The fourth-order valence-corrected chi connectivity index (χ4v) is 5.15. The van der Waals surface area contributed by atoms with Crippen LogP contribution in [0.5, 0.6) is 5.75 Å². The zero-order valence-corrected chi connectivity index (χ0v) is 18.1. The molecule has 0 saturated carbocycles. The fraction of sp³-hybridized carbons (Fsp3) is 0.208. The molecule has 0 saturated heterocycles. The SMILES string of the molecule is Cl.O=c1cc(OCc2ccccc2)ccn1-c1ccc2c3c(sc2c1)CCNCC3. The molecule has 2 aromatic heterocycles. The molecule has 0 bridgehead atoms. The Bertz CT molecular complexity index is 1220. The van der Waals surface area contributed by atoms with E-state index in [4.69, 9.17) is 4.74 Å². The summed E-state index contributed by atoms with van der Waals surface area (Å²) in [7, 11) is 0. The van der Waals surface area contributed by atoms with Gasteiger partial charge in [-0.15, -0.1) is 23.7 Å². The van der Waals surface area contributed by atoms with E-state index in [-0.39, 0.29) is 18.0 Å². The largest absolute Gasteiger partial charge is 0.489 e. The predicted octanol–water partition coefficient (Wildman–Crippen LogP) is 4.74. The summed E-state index contributed by atoms with van der Waals surface area (Å²) in [4.78, 5) is 14.2. The van der Waals surface area contributed by atoms with Crippen LogP contribution in [0.2, 0.25) is 0 Å². The van der Waals surface area contributed by atoms with Crippen molar-refractivity contribution in [2.45, 2.75) is 19.4 Å². The number of rotatable bonds is 4. The van der Waals surface area contributed by atoms with Crippen molar-refractivity contribution < 1.29 is 4.74 Å². The molecule has 1 aliphatic rings. The van der Waals surface area contributed by atoms with Gasteiger partial charge in [-0.3, -0.25) is 9.36 Å². The molecule has 4 aromatic rings. The summed E-state index contributed by atoms with van der Waals surface area (Å²) in [5, 5.41) is 4.79. The molecule has 4 nitrogen and oxygen atoms in total. The van der Waals surface area contributed by atoms with E-state index >= 15 is 0 Å². The Labute approximate surface area is 185 Å². The molecular formula is C24H23ClN2O2S. The molecule has 0 amide bonds. The highest BCUT2D eigenvalue weighted by molar-refractivity contribution is 7.19.